The standard InChI is InChI=1S/C17H29NO/c1-2-4-13-7-8-17(19)16(9-13)12-18-10-14-5-3-6-15(14)11-18/h13-16H,2-12H2,1H3. The first-order valence-electron chi connectivity index (χ1n) is 8.51. The molecule has 108 valence electrons. The zero-order chi connectivity index (χ0) is 13.2. The number of Topliss-reactive ketones (excluding diaryl/α,β-unsaturated/α-hetero) is 1. The van der Waals surface area contributed by atoms with E-state index in [1.165, 1.54) is 51.6 Å². The third-order valence-corrected chi connectivity index (χ3v) is 5.85. The number of fused-ring (bicyclic) bond motifs is 1. The van der Waals surface area contributed by atoms with Crippen molar-refractivity contribution in [2.45, 2.75) is 58.3 Å². The Morgan fingerprint density at radius 1 is 1.16 bits per heavy atom. The number of nitrogens with zero attached hydrogens (tertiary/aromatic N) is 1. The van der Waals surface area contributed by atoms with Gasteiger partial charge in [-0.05, 0) is 43.4 Å². The lowest BCUT2D eigenvalue weighted by molar-refractivity contribution is -0.126. The Hall–Kier alpha value is -0.370. The van der Waals surface area contributed by atoms with E-state index in [-0.39, 0.29) is 0 Å². The van der Waals surface area contributed by atoms with Gasteiger partial charge in [0.15, 0.2) is 0 Å². The third kappa shape index (κ3) is 3.04. The molecule has 1 saturated heterocycles. The quantitative estimate of drug-likeness (QED) is 0.773. The van der Waals surface area contributed by atoms with E-state index in [4.69, 9.17) is 0 Å². The number of carbonyl (C=O) groups is 1. The van der Waals surface area contributed by atoms with Gasteiger partial charge < -0.3 is 4.90 Å². The Morgan fingerprint density at radius 3 is 2.58 bits per heavy atom. The van der Waals surface area contributed by atoms with Crippen LogP contribution in [0, 0.1) is 23.7 Å². The lowest BCUT2D eigenvalue weighted by Gasteiger charge is -2.31. The molecule has 3 aliphatic rings. The second-order valence-corrected chi connectivity index (χ2v) is 7.26. The number of hydrogen-bond acceptors (Lipinski definition) is 2. The van der Waals surface area contributed by atoms with Gasteiger partial charge in [-0.15, -0.1) is 0 Å². The minimum atomic E-state index is 0.365. The molecule has 0 N–H and O–H groups in total. The highest BCUT2D eigenvalue weighted by Gasteiger charge is 2.38. The molecular weight excluding hydrogens is 234 g/mol. The van der Waals surface area contributed by atoms with Crippen LogP contribution in [0.3, 0.4) is 0 Å². The molecule has 0 aromatic rings. The topological polar surface area (TPSA) is 20.3 Å². The van der Waals surface area contributed by atoms with Crippen molar-refractivity contribution in [2.75, 3.05) is 19.6 Å². The molecule has 3 rings (SSSR count). The maximum Gasteiger partial charge on any atom is 0.137 e. The van der Waals surface area contributed by atoms with Crippen LogP contribution in [0.1, 0.15) is 58.3 Å². The van der Waals surface area contributed by atoms with Crippen molar-refractivity contribution in [3.63, 3.8) is 0 Å². The molecule has 19 heavy (non-hydrogen) atoms. The normalized spacial score (nSPS) is 39.7. The molecule has 3 fully saturated rings. The Kier molecular flexibility index (Phi) is 4.26. The Labute approximate surface area is 117 Å². The van der Waals surface area contributed by atoms with E-state index in [9.17, 15) is 4.79 Å². The van der Waals surface area contributed by atoms with Crippen LogP contribution in [0.2, 0.25) is 0 Å². The monoisotopic (exact) mass is 263 g/mol. The minimum Gasteiger partial charge on any atom is -0.302 e. The zero-order valence-electron chi connectivity index (χ0n) is 12.4. The summed E-state index contributed by atoms with van der Waals surface area (Å²) in [6, 6.07) is 0. The van der Waals surface area contributed by atoms with Crippen molar-refractivity contribution in [3.05, 3.63) is 0 Å². The number of ketones is 1. The number of carbonyl (C=O) groups excluding carboxylic acids is 1. The first-order chi connectivity index (χ1) is 9.26. The van der Waals surface area contributed by atoms with Crippen LogP contribution >= 0.6 is 0 Å². The van der Waals surface area contributed by atoms with E-state index in [0.717, 1.165) is 37.1 Å². The molecule has 4 unspecified atom stereocenters. The first kappa shape index (κ1) is 13.6. The van der Waals surface area contributed by atoms with E-state index in [0.29, 0.717) is 11.7 Å². The van der Waals surface area contributed by atoms with Gasteiger partial charge in [-0.3, -0.25) is 4.79 Å². The van der Waals surface area contributed by atoms with Crippen LogP contribution in [0.15, 0.2) is 0 Å². The average molecular weight is 263 g/mol. The van der Waals surface area contributed by atoms with Crippen molar-refractivity contribution in [3.8, 4) is 0 Å². The van der Waals surface area contributed by atoms with Gasteiger partial charge in [0, 0.05) is 32.0 Å². The van der Waals surface area contributed by atoms with Crippen LogP contribution in [-0.2, 0) is 4.79 Å². The van der Waals surface area contributed by atoms with Crippen molar-refractivity contribution >= 4 is 5.78 Å². The van der Waals surface area contributed by atoms with Gasteiger partial charge in [-0.1, -0.05) is 26.2 Å². The first-order valence-corrected chi connectivity index (χ1v) is 8.51. The summed E-state index contributed by atoms with van der Waals surface area (Å²) >= 11 is 0. The van der Waals surface area contributed by atoms with Crippen LogP contribution < -0.4 is 0 Å². The fourth-order valence-corrected chi connectivity index (χ4v) is 4.84. The summed E-state index contributed by atoms with van der Waals surface area (Å²) in [7, 11) is 0. The second-order valence-electron chi connectivity index (χ2n) is 7.26. The van der Waals surface area contributed by atoms with Crippen LogP contribution in [0.25, 0.3) is 0 Å². The SMILES string of the molecule is CCCC1CCC(=O)C(CN2CC3CCCC3C2)C1. The fourth-order valence-electron chi connectivity index (χ4n) is 4.84. The molecule has 0 bridgehead atoms. The van der Waals surface area contributed by atoms with Crippen molar-refractivity contribution < 1.29 is 4.79 Å². The van der Waals surface area contributed by atoms with Crippen LogP contribution in [-0.4, -0.2) is 30.3 Å². The van der Waals surface area contributed by atoms with Gasteiger partial charge >= 0.3 is 0 Å². The van der Waals surface area contributed by atoms with Gasteiger partial charge in [-0.2, -0.15) is 0 Å². The molecule has 0 radical (unpaired) electrons. The molecule has 1 aliphatic heterocycles. The summed E-state index contributed by atoms with van der Waals surface area (Å²) in [5.74, 6) is 3.68. The van der Waals surface area contributed by atoms with Crippen molar-refractivity contribution in [2.24, 2.45) is 23.7 Å². The van der Waals surface area contributed by atoms with E-state index >= 15 is 0 Å². The molecule has 4 atom stereocenters. The summed E-state index contributed by atoms with van der Waals surface area (Å²) in [5, 5.41) is 0. The fraction of sp³-hybridized carbons (Fsp3) is 0.941. The van der Waals surface area contributed by atoms with Crippen molar-refractivity contribution in [1.29, 1.82) is 0 Å². The Balaban J connectivity index is 1.52. The molecule has 0 spiro atoms. The lowest BCUT2D eigenvalue weighted by Crippen LogP contribution is -2.36. The predicted octanol–water partition coefficient (Wildman–Crippen LogP) is 3.50. The highest BCUT2D eigenvalue weighted by Crippen LogP contribution is 2.39. The molecule has 0 amide bonds. The summed E-state index contributed by atoms with van der Waals surface area (Å²) < 4.78 is 0. The van der Waals surface area contributed by atoms with E-state index in [1.54, 1.807) is 0 Å². The van der Waals surface area contributed by atoms with Gasteiger partial charge in [0.2, 0.25) is 0 Å². The number of rotatable bonds is 4. The zero-order valence-corrected chi connectivity index (χ0v) is 12.4. The molecule has 2 nitrogen and oxygen atoms in total. The molecule has 2 aliphatic carbocycles. The number of hydrogen-bond donors (Lipinski definition) is 0. The Morgan fingerprint density at radius 2 is 1.89 bits per heavy atom. The average Bonchev–Trinajstić information content (AvgIpc) is 2.94. The largest absolute Gasteiger partial charge is 0.302 e. The summed E-state index contributed by atoms with van der Waals surface area (Å²) in [4.78, 5) is 14.8. The molecular formula is C17H29NO. The molecule has 1 heterocycles. The van der Waals surface area contributed by atoms with Gasteiger partial charge in [0.1, 0.15) is 5.78 Å². The summed E-state index contributed by atoms with van der Waals surface area (Å²) in [5.41, 5.74) is 0. The maximum absolute atomic E-state index is 12.2. The van der Waals surface area contributed by atoms with E-state index in [1.807, 2.05) is 0 Å². The van der Waals surface area contributed by atoms with E-state index < -0.39 is 0 Å². The van der Waals surface area contributed by atoms with Gasteiger partial charge in [0.25, 0.3) is 0 Å². The maximum atomic E-state index is 12.2. The second kappa shape index (κ2) is 5.95. The van der Waals surface area contributed by atoms with Crippen LogP contribution in [0.5, 0.6) is 0 Å². The van der Waals surface area contributed by atoms with Crippen LogP contribution in [0.4, 0.5) is 0 Å². The lowest BCUT2D eigenvalue weighted by atomic mass is 9.78. The van der Waals surface area contributed by atoms with Gasteiger partial charge in [-0.25, -0.2) is 0 Å². The number of likely N-dealkylation sites (tertiary alicyclic amines) is 1. The molecule has 0 aromatic carbocycles. The minimum absolute atomic E-state index is 0.365. The third-order valence-electron chi connectivity index (χ3n) is 5.85. The summed E-state index contributed by atoms with van der Waals surface area (Å²) in [6.07, 6.45) is 10.1. The summed E-state index contributed by atoms with van der Waals surface area (Å²) in [6.45, 7) is 5.92. The molecule has 2 saturated carbocycles. The molecule has 2 heteroatoms. The van der Waals surface area contributed by atoms with E-state index in [2.05, 4.69) is 11.8 Å². The highest BCUT2D eigenvalue weighted by molar-refractivity contribution is 5.81. The molecule has 0 aromatic heterocycles. The smallest absolute Gasteiger partial charge is 0.137 e. The highest BCUT2D eigenvalue weighted by atomic mass is 16.1. The predicted molar refractivity (Wildman–Crippen MR) is 78.0 cm³/mol. The Bertz CT molecular complexity index is 315. The van der Waals surface area contributed by atoms with Gasteiger partial charge in [0.05, 0.1) is 0 Å². The van der Waals surface area contributed by atoms with Crippen molar-refractivity contribution in [1.82, 2.24) is 4.90 Å².